The maximum absolute atomic E-state index is 12.5. The van der Waals surface area contributed by atoms with Gasteiger partial charge in [-0.15, -0.1) is 13.2 Å². The van der Waals surface area contributed by atoms with Gasteiger partial charge in [-0.25, -0.2) is 0 Å². The fraction of sp³-hybridized carbons (Fsp3) is 0.435. The number of rotatable bonds is 6. The molecule has 0 spiro atoms. The summed E-state index contributed by atoms with van der Waals surface area (Å²) in [6, 6.07) is 8.08. The molecule has 0 unspecified atom stereocenters. The van der Waals surface area contributed by atoms with Crippen molar-refractivity contribution in [3.63, 3.8) is 0 Å². The van der Waals surface area contributed by atoms with Crippen molar-refractivity contribution >= 4 is 17.6 Å². The quantitative estimate of drug-likeness (QED) is 0.622. The largest absolute Gasteiger partial charge is 0.573 e. The molecule has 1 fully saturated rings. The van der Waals surface area contributed by atoms with E-state index in [1.807, 2.05) is 6.21 Å². The predicted molar refractivity (Wildman–Crippen MR) is 112 cm³/mol. The van der Waals surface area contributed by atoms with Gasteiger partial charge in [0, 0.05) is 18.4 Å². The second-order valence-corrected chi connectivity index (χ2v) is 7.90. The minimum absolute atomic E-state index is 0.0434. The molecule has 0 bridgehead atoms. The van der Waals surface area contributed by atoms with Crippen LogP contribution in [0.2, 0.25) is 0 Å². The molecular formula is C23H25F3N2O2. The smallest absolute Gasteiger partial charge is 0.406 e. The van der Waals surface area contributed by atoms with Crippen LogP contribution in [0.3, 0.4) is 0 Å². The van der Waals surface area contributed by atoms with E-state index in [1.165, 1.54) is 17.7 Å². The minimum atomic E-state index is -4.71. The number of hydrogen-bond donors (Lipinski definition) is 2. The van der Waals surface area contributed by atoms with Crippen molar-refractivity contribution in [3.05, 3.63) is 41.5 Å². The van der Waals surface area contributed by atoms with Crippen LogP contribution in [0.15, 0.2) is 35.3 Å². The van der Waals surface area contributed by atoms with Crippen LogP contribution in [0, 0.1) is 5.92 Å². The maximum atomic E-state index is 12.5. The summed E-state index contributed by atoms with van der Waals surface area (Å²) in [5.74, 6) is 0.899. The number of nitrogens with zero attached hydrogens (tertiary/aromatic N) is 1. The van der Waals surface area contributed by atoms with Crippen LogP contribution >= 0.6 is 0 Å². The number of aliphatic hydroxyl groups excluding tert-OH is 1. The Bertz CT molecular complexity index is 933. The second kappa shape index (κ2) is 8.30. The molecule has 1 saturated carbocycles. The number of alkyl halides is 3. The van der Waals surface area contributed by atoms with Crippen LogP contribution in [-0.4, -0.2) is 30.8 Å². The third-order valence-electron chi connectivity index (χ3n) is 6.04. The Labute approximate surface area is 173 Å². The lowest BCUT2D eigenvalue weighted by Crippen LogP contribution is -2.23. The molecule has 0 saturated heterocycles. The van der Waals surface area contributed by atoms with E-state index >= 15 is 0 Å². The molecule has 4 nitrogen and oxygen atoms in total. The van der Waals surface area contributed by atoms with Crippen molar-refractivity contribution in [3.8, 4) is 16.9 Å². The normalized spacial score (nSPS) is 20.3. The Hall–Kier alpha value is -2.54. The Morgan fingerprint density at radius 3 is 2.57 bits per heavy atom. The predicted octanol–water partition coefficient (Wildman–Crippen LogP) is 5.82. The first kappa shape index (κ1) is 20.7. The van der Waals surface area contributed by atoms with Gasteiger partial charge in [0.15, 0.2) is 0 Å². The number of aliphatic hydroxyl groups is 1. The molecule has 2 aromatic rings. The molecule has 1 aliphatic heterocycles. The third kappa shape index (κ3) is 4.17. The highest BCUT2D eigenvalue weighted by atomic mass is 19.4. The van der Waals surface area contributed by atoms with Crippen molar-refractivity contribution in [2.75, 3.05) is 18.5 Å². The molecule has 1 heterocycles. The molecule has 0 aromatic heterocycles. The fourth-order valence-corrected chi connectivity index (χ4v) is 4.46. The number of anilines is 1. The minimum Gasteiger partial charge on any atom is -0.406 e. The number of aliphatic imine (C=N–C) groups is 1. The van der Waals surface area contributed by atoms with E-state index in [9.17, 15) is 18.3 Å². The summed E-state index contributed by atoms with van der Waals surface area (Å²) in [4.78, 5) is 4.63. The van der Waals surface area contributed by atoms with Crippen molar-refractivity contribution < 1.29 is 23.0 Å². The van der Waals surface area contributed by atoms with E-state index in [4.69, 9.17) is 0 Å². The van der Waals surface area contributed by atoms with Gasteiger partial charge in [0.1, 0.15) is 5.75 Å². The Kier molecular flexibility index (Phi) is 5.73. The summed E-state index contributed by atoms with van der Waals surface area (Å²) in [6.07, 6.45) is 1.01. The second-order valence-electron chi connectivity index (χ2n) is 7.90. The lowest BCUT2D eigenvalue weighted by molar-refractivity contribution is -0.274. The summed E-state index contributed by atoms with van der Waals surface area (Å²) in [5.41, 5.74) is 5.67. The van der Waals surface area contributed by atoms with E-state index in [-0.39, 0.29) is 12.4 Å². The number of ether oxygens (including phenoxy) is 1. The highest BCUT2D eigenvalue weighted by molar-refractivity contribution is 5.93. The first-order chi connectivity index (χ1) is 14.4. The standard InChI is InChI=1S/C23H25F3N2O2/c1-2-14-11-16(12-14)19-13-20(15-3-5-17(6-4-15)30-23(24,25)26)22-21(18(19)7-10-29)27-8-9-28-22/h3-6,8,13-14,16,28-29H,2,7,9-12H2,1H3. The van der Waals surface area contributed by atoms with Gasteiger partial charge in [0.05, 0.1) is 17.9 Å². The summed E-state index contributed by atoms with van der Waals surface area (Å²) < 4.78 is 41.5. The van der Waals surface area contributed by atoms with E-state index in [0.717, 1.165) is 53.2 Å². The molecule has 0 radical (unpaired) electrons. The Balaban J connectivity index is 1.77. The van der Waals surface area contributed by atoms with Crippen LogP contribution in [0.1, 0.15) is 43.2 Å². The van der Waals surface area contributed by atoms with Gasteiger partial charge in [-0.1, -0.05) is 25.5 Å². The maximum Gasteiger partial charge on any atom is 0.573 e. The van der Waals surface area contributed by atoms with Gasteiger partial charge >= 0.3 is 6.36 Å². The Morgan fingerprint density at radius 1 is 1.20 bits per heavy atom. The zero-order valence-corrected chi connectivity index (χ0v) is 16.8. The highest BCUT2D eigenvalue weighted by Crippen LogP contribution is 2.50. The molecule has 30 heavy (non-hydrogen) atoms. The number of halogens is 3. The number of hydrogen-bond acceptors (Lipinski definition) is 4. The summed E-state index contributed by atoms with van der Waals surface area (Å²) in [7, 11) is 0. The summed E-state index contributed by atoms with van der Waals surface area (Å²) in [6.45, 7) is 2.82. The Morgan fingerprint density at radius 2 is 1.93 bits per heavy atom. The van der Waals surface area contributed by atoms with Crippen LogP contribution < -0.4 is 10.1 Å². The van der Waals surface area contributed by atoms with Gasteiger partial charge < -0.3 is 15.2 Å². The lowest BCUT2D eigenvalue weighted by atomic mass is 9.68. The van der Waals surface area contributed by atoms with Crippen molar-refractivity contribution in [2.45, 2.75) is 44.9 Å². The first-order valence-corrected chi connectivity index (χ1v) is 10.3. The molecule has 160 valence electrons. The van der Waals surface area contributed by atoms with Gasteiger partial charge in [0.2, 0.25) is 0 Å². The molecular weight excluding hydrogens is 393 g/mol. The van der Waals surface area contributed by atoms with E-state index in [0.29, 0.717) is 18.9 Å². The van der Waals surface area contributed by atoms with Gasteiger partial charge in [-0.3, -0.25) is 4.99 Å². The topological polar surface area (TPSA) is 53.9 Å². The van der Waals surface area contributed by atoms with E-state index < -0.39 is 6.36 Å². The number of fused-ring (bicyclic) bond motifs is 1. The average molecular weight is 418 g/mol. The fourth-order valence-electron chi connectivity index (χ4n) is 4.46. The van der Waals surface area contributed by atoms with Gasteiger partial charge in [-0.2, -0.15) is 0 Å². The van der Waals surface area contributed by atoms with Gasteiger partial charge in [0.25, 0.3) is 0 Å². The molecule has 0 amide bonds. The molecule has 2 N–H and O–H groups in total. The molecule has 0 atom stereocenters. The SMILES string of the molecule is CCC1CC(c2cc(-c3ccc(OC(F)(F)F)cc3)c3c(c2CCO)N=CCN3)C1. The molecule has 2 aromatic carbocycles. The van der Waals surface area contributed by atoms with Crippen LogP contribution in [0.5, 0.6) is 5.75 Å². The van der Waals surface area contributed by atoms with Crippen LogP contribution in [-0.2, 0) is 6.42 Å². The van der Waals surface area contributed by atoms with Crippen LogP contribution in [0.25, 0.3) is 11.1 Å². The monoisotopic (exact) mass is 418 g/mol. The number of benzene rings is 2. The third-order valence-corrected chi connectivity index (χ3v) is 6.04. The van der Waals surface area contributed by atoms with Crippen LogP contribution in [0.4, 0.5) is 24.5 Å². The summed E-state index contributed by atoms with van der Waals surface area (Å²) >= 11 is 0. The summed E-state index contributed by atoms with van der Waals surface area (Å²) in [5, 5.41) is 13.0. The molecule has 2 aliphatic rings. The molecule has 1 aliphatic carbocycles. The number of nitrogens with one attached hydrogen (secondary N) is 1. The first-order valence-electron chi connectivity index (χ1n) is 10.3. The zero-order valence-electron chi connectivity index (χ0n) is 16.8. The van der Waals surface area contributed by atoms with E-state index in [1.54, 1.807) is 12.1 Å². The zero-order chi connectivity index (χ0) is 21.3. The van der Waals surface area contributed by atoms with Crippen molar-refractivity contribution in [1.29, 1.82) is 0 Å². The molecule has 4 rings (SSSR count). The van der Waals surface area contributed by atoms with E-state index in [2.05, 4.69) is 28.0 Å². The van der Waals surface area contributed by atoms with Crippen molar-refractivity contribution in [2.24, 2.45) is 10.9 Å². The van der Waals surface area contributed by atoms with Crippen molar-refractivity contribution in [1.82, 2.24) is 0 Å². The highest BCUT2D eigenvalue weighted by Gasteiger charge is 2.33. The van der Waals surface area contributed by atoms with Gasteiger partial charge in [-0.05, 0) is 66.0 Å². The lowest BCUT2D eigenvalue weighted by Gasteiger charge is -2.37. The average Bonchev–Trinajstić information content (AvgIpc) is 2.68. The molecule has 7 heteroatoms.